The molecular weight excluding hydrogens is 408 g/mol. The lowest BCUT2D eigenvalue weighted by Crippen LogP contribution is -2.47. The predicted molar refractivity (Wildman–Crippen MR) is 121 cm³/mol. The molecule has 0 aliphatic carbocycles. The largest absolute Gasteiger partial charge is 0.392 e. The van der Waals surface area contributed by atoms with Gasteiger partial charge in [-0.25, -0.2) is 0 Å². The van der Waals surface area contributed by atoms with Crippen LogP contribution >= 0.6 is 0 Å². The van der Waals surface area contributed by atoms with Gasteiger partial charge in [-0.2, -0.15) is 0 Å². The second kappa shape index (κ2) is 10.6. The van der Waals surface area contributed by atoms with Crippen molar-refractivity contribution in [2.75, 3.05) is 38.2 Å². The van der Waals surface area contributed by atoms with Gasteiger partial charge in [0.25, 0.3) is 0 Å². The summed E-state index contributed by atoms with van der Waals surface area (Å²) in [5.41, 5.74) is 3.52. The molecule has 0 unspecified atom stereocenters. The van der Waals surface area contributed by atoms with E-state index in [0.717, 1.165) is 55.2 Å². The molecule has 2 aromatic carbocycles. The standard InChI is InChI=1S/C25H32N2O5/c1-17-23(15-27-10-12-30-13-11-27)31-25(21-4-3-5-22(14-21)26-18(2)29)32-24(17)20-8-6-19(16-28)7-9-20/h3-9,14,17,23-25,28H,10-13,15-16H2,1-2H3,(H,26,29)/t17-,23+,24+,25+/m1/s1. The highest BCUT2D eigenvalue weighted by atomic mass is 16.7. The molecule has 2 N–H and O–H groups in total. The van der Waals surface area contributed by atoms with E-state index in [1.54, 1.807) is 0 Å². The predicted octanol–water partition coefficient (Wildman–Crippen LogP) is 3.26. The van der Waals surface area contributed by atoms with Crippen LogP contribution in [0.4, 0.5) is 5.69 Å². The fraction of sp³-hybridized carbons (Fsp3) is 0.480. The molecule has 0 bridgehead atoms. The van der Waals surface area contributed by atoms with E-state index in [0.29, 0.717) is 0 Å². The second-order valence-corrected chi connectivity index (χ2v) is 8.54. The van der Waals surface area contributed by atoms with E-state index in [1.165, 1.54) is 6.92 Å². The molecule has 7 nitrogen and oxygen atoms in total. The van der Waals surface area contributed by atoms with Crippen molar-refractivity contribution < 1.29 is 24.1 Å². The van der Waals surface area contributed by atoms with Crippen LogP contribution in [0.3, 0.4) is 0 Å². The lowest BCUT2D eigenvalue weighted by atomic mass is 9.90. The number of aliphatic hydroxyl groups is 1. The Hall–Kier alpha value is -2.29. The number of ether oxygens (including phenoxy) is 3. The van der Waals surface area contributed by atoms with Crippen molar-refractivity contribution in [2.24, 2.45) is 5.92 Å². The molecule has 2 fully saturated rings. The van der Waals surface area contributed by atoms with E-state index >= 15 is 0 Å². The zero-order valence-electron chi connectivity index (χ0n) is 18.7. The van der Waals surface area contributed by atoms with Crippen LogP contribution in [0.15, 0.2) is 48.5 Å². The molecule has 7 heteroatoms. The molecule has 0 spiro atoms. The van der Waals surface area contributed by atoms with Crippen LogP contribution in [0.1, 0.15) is 42.9 Å². The average Bonchev–Trinajstić information content (AvgIpc) is 2.81. The Morgan fingerprint density at radius 1 is 1.09 bits per heavy atom. The Bertz CT molecular complexity index is 897. The molecule has 172 valence electrons. The van der Waals surface area contributed by atoms with E-state index in [2.05, 4.69) is 17.1 Å². The summed E-state index contributed by atoms with van der Waals surface area (Å²) >= 11 is 0. The number of nitrogens with one attached hydrogen (secondary N) is 1. The van der Waals surface area contributed by atoms with Crippen LogP contribution in [0.25, 0.3) is 0 Å². The SMILES string of the molecule is CC(=O)Nc1cccc([C@H]2O[C@@H](CN3CCOCC3)[C@@H](C)[C@@H](c3ccc(CO)cc3)O2)c1. The third-order valence-electron chi connectivity index (χ3n) is 6.14. The number of rotatable bonds is 6. The van der Waals surface area contributed by atoms with Gasteiger partial charge in [-0.1, -0.05) is 43.3 Å². The smallest absolute Gasteiger partial charge is 0.221 e. The van der Waals surface area contributed by atoms with E-state index in [1.807, 2.05) is 48.5 Å². The second-order valence-electron chi connectivity index (χ2n) is 8.54. The third kappa shape index (κ3) is 5.54. The average molecular weight is 441 g/mol. The first-order valence-corrected chi connectivity index (χ1v) is 11.2. The number of morpholine rings is 1. The maximum Gasteiger partial charge on any atom is 0.221 e. The number of nitrogens with zero attached hydrogens (tertiary/aromatic N) is 1. The van der Waals surface area contributed by atoms with Crippen molar-refractivity contribution in [1.29, 1.82) is 0 Å². The molecule has 0 saturated carbocycles. The quantitative estimate of drug-likeness (QED) is 0.718. The van der Waals surface area contributed by atoms with Crippen LogP contribution < -0.4 is 5.32 Å². The van der Waals surface area contributed by atoms with Gasteiger partial charge in [-0.3, -0.25) is 9.69 Å². The molecule has 1 amide bonds. The van der Waals surface area contributed by atoms with Crippen molar-refractivity contribution in [2.45, 2.75) is 39.0 Å². The fourth-order valence-electron chi connectivity index (χ4n) is 4.33. The summed E-state index contributed by atoms with van der Waals surface area (Å²) in [7, 11) is 0. The third-order valence-corrected chi connectivity index (χ3v) is 6.14. The van der Waals surface area contributed by atoms with E-state index in [4.69, 9.17) is 14.2 Å². The summed E-state index contributed by atoms with van der Waals surface area (Å²) in [6.45, 7) is 7.76. The van der Waals surface area contributed by atoms with Crippen molar-refractivity contribution in [3.63, 3.8) is 0 Å². The summed E-state index contributed by atoms with van der Waals surface area (Å²) in [4.78, 5) is 13.9. The minimum Gasteiger partial charge on any atom is -0.392 e. The Morgan fingerprint density at radius 3 is 2.53 bits per heavy atom. The van der Waals surface area contributed by atoms with Crippen LogP contribution in [-0.2, 0) is 25.6 Å². The zero-order chi connectivity index (χ0) is 22.5. The maximum atomic E-state index is 11.5. The summed E-state index contributed by atoms with van der Waals surface area (Å²) in [6, 6.07) is 15.5. The molecular formula is C25H32N2O5. The maximum absolute atomic E-state index is 11.5. The van der Waals surface area contributed by atoms with Crippen LogP contribution in [-0.4, -0.2) is 54.9 Å². The molecule has 32 heavy (non-hydrogen) atoms. The molecule has 2 aliphatic heterocycles. The Balaban J connectivity index is 1.60. The normalized spacial score (nSPS) is 26.6. The van der Waals surface area contributed by atoms with Gasteiger partial charge in [0.1, 0.15) is 0 Å². The van der Waals surface area contributed by atoms with E-state index < -0.39 is 6.29 Å². The number of benzene rings is 2. The van der Waals surface area contributed by atoms with Gasteiger partial charge >= 0.3 is 0 Å². The molecule has 2 aliphatic rings. The van der Waals surface area contributed by atoms with Gasteiger partial charge in [0.15, 0.2) is 6.29 Å². The van der Waals surface area contributed by atoms with Gasteiger partial charge in [0, 0.05) is 43.7 Å². The van der Waals surface area contributed by atoms with Crippen LogP contribution in [0.2, 0.25) is 0 Å². The van der Waals surface area contributed by atoms with Crippen LogP contribution in [0, 0.1) is 5.92 Å². The van der Waals surface area contributed by atoms with Crippen molar-refractivity contribution in [3.8, 4) is 0 Å². The number of carbonyl (C=O) groups is 1. The highest BCUT2D eigenvalue weighted by Crippen LogP contribution is 2.42. The minimum absolute atomic E-state index is 0.0166. The first-order chi connectivity index (χ1) is 15.5. The van der Waals surface area contributed by atoms with Crippen molar-refractivity contribution in [3.05, 3.63) is 65.2 Å². The summed E-state index contributed by atoms with van der Waals surface area (Å²) in [5.74, 6) is 0.0147. The summed E-state index contributed by atoms with van der Waals surface area (Å²) in [5, 5.41) is 12.2. The molecule has 4 rings (SSSR count). The first-order valence-electron chi connectivity index (χ1n) is 11.2. The highest BCUT2D eigenvalue weighted by Gasteiger charge is 2.39. The molecule has 2 aromatic rings. The molecule has 2 saturated heterocycles. The monoisotopic (exact) mass is 440 g/mol. The van der Waals surface area contributed by atoms with Crippen molar-refractivity contribution >= 4 is 11.6 Å². The van der Waals surface area contributed by atoms with Gasteiger partial charge in [0.05, 0.1) is 32.0 Å². The first kappa shape index (κ1) is 22.9. The van der Waals surface area contributed by atoms with Gasteiger partial charge in [0.2, 0.25) is 5.91 Å². The van der Waals surface area contributed by atoms with E-state index in [-0.39, 0.29) is 30.6 Å². The number of aliphatic hydroxyl groups excluding tert-OH is 1. The fourth-order valence-corrected chi connectivity index (χ4v) is 4.33. The number of hydrogen-bond acceptors (Lipinski definition) is 6. The Kier molecular flexibility index (Phi) is 7.55. The van der Waals surface area contributed by atoms with Gasteiger partial charge in [-0.15, -0.1) is 0 Å². The van der Waals surface area contributed by atoms with Crippen molar-refractivity contribution in [1.82, 2.24) is 4.90 Å². The molecule has 2 heterocycles. The lowest BCUT2D eigenvalue weighted by Gasteiger charge is -2.43. The number of amides is 1. The Morgan fingerprint density at radius 2 is 1.84 bits per heavy atom. The minimum atomic E-state index is -0.548. The molecule has 0 aromatic heterocycles. The van der Waals surface area contributed by atoms with Gasteiger partial charge < -0.3 is 24.6 Å². The molecule has 4 atom stereocenters. The number of carbonyl (C=O) groups excluding carboxylic acids is 1. The Labute approximate surface area is 189 Å². The lowest BCUT2D eigenvalue weighted by molar-refractivity contribution is -0.277. The van der Waals surface area contributed by atoms with Crippen LogP contribution in [0.5, 0.6) is 0 Å². The van der Waals surface area contributed by atoms with E-state index in [9.17, 15) is 9.90 Å². The summed E-state index contributed by atoms with van der Waals surface area (Å²) in [6.07, 6.45) is -0.732. The van der Waals surface area contributed by atoms with Gasteiger partial charge in [-0.05, 0) is 23.3 Å². The highest BCUT2D eigenvalue weighted by molar-refractivity contribution is 5.88. The number of hydrogen-bond donors (Lipinski definition) is 2. The summed E-state index contributed by atoms with van der Waals surface area (Å²) < 4.78 is 18.5. The number of anilines is 1. The topological polar surface area (TPSA) is 80.3 Å². The molecule has 0 radical (unpaired) electrons. The zero-order valence-corrected chi connectivity index (χ0v) is 18.7.